The monoisotopic (exact) mass is 235 g/mol. The Kier molecular flexibility index (Phi) is 3.31. The molecule has 17 heavy (non-hydrogen) atoms. The van der Waals surface area contributed by atoms with Crippen molar-refractivity contribution in [3.8, 4) is 0 Å². The van der Waals surface area contributed by atoms with E-state index in [-0.39, 0.29) is 19.0 Å². The van der Waals surface area contributed by atoms with Crippen molar-refractivity contribution in [2.45, 2.75) is 18.9 Å². The molecule has 5 nitrogen and oxygen atoms in total. The summed E-state index contributed by atoms with van der Waals surface area (Å²) in [5.41, 5.74) is 13.7. The fraction of sp³-hybridized carbons (Fsp3) is 0.417. The van der Waals surface area contributed by atoms with Gasteiger partial charge in [0.1, 0.15) is 0 Å². The summed E-state index contributed by atoms with van der Waals surface area (Å²) in [7, 11) is 0. The van der Waals surface area contributed by atoms with E-state index < -0.39 is 6.10 Å². The molecule has 0 spiro atoms. The summed E-state index contributed by atoms with van der Waals surface area (Å²) in [6.45, 7) is 0.389. The molecule has 2 rings (SSSR count). The van der Waals surface area contributed by atoms with E-state index in [0.29, 0.717) is 18.5 Å². The SMILES string of the molecule is NCC(O)CN1C(=O)CCc2cc(N)ccc21. The summed E-state index contributed by atoms with van der Waals surface area (Å²) in [6, 6.07) is 5.47. The number of aliphatic hydroxyl groups excluding tert-OH is 1. The van der Waals surface area contributed by atoms with Crippen LogP contribution >= 0.6 is 0 Å². The second-order valence-electron chi connectivity index (χ2n) is 4.28. The van der Waals surface area contributed by atoms with Gasteiger partial charge in [-0.1, -0.05) is 0 Å². The zero-order valence-electron chi connectivity index (χ0n) is 9.60. The van der Waals surface area contributed by atoms with Crippen LogP contribution in [-0.2, 0) is 11.2 Å². The van der Waals surface area contributed by atoms with Gasteiger partial charge < -0.3 is 21.5 Å². The first kappa shape index (κ1) is 11.9. The van der Waals surface area contributed by atoms with Crippen LogP contribution in [0.2, 0.25) is 0 Å². The Morgan fingerprint density at radius 2 is 2.18 bits per heavy atom. The maximum absolute atomic E-state index is 11.8. The van der Waals surface area contributed by atoms with Gasteiger partial charge in [0.15, 0.2) is 0 Å². The van der Waals surface area contributed by atoms with E-state index >= 15 is 0 Å². The van der Waals surface area contributed by atoms with Crippen LogP contribution in [0.5, 0.6) is 0 Å². The normalized spacial score (nSPS) is 16.8. The van der Waals surface area contributed by atoms with Gasteiger partial charge in [-0.15, -0.1) is 0 Å². The number of hydrogen-bond acceptors (Lipinski definition) is 4. The molecule has 1 heterocycles. The molecule has 1 aliphatic rings. The van der Waals surface area contributed by atoms with E-state index in [1.807, 2.05) is 12.1 Å². The highest BCUT2D eigenvalue weighted by atomic mass is 16.3. The molecule has 0 saturated heterocycles. The third-order valence-corrected chi connectivity index (χ3v) is 2.97. The third kappa shape index (κ3) is 2.40. The lowest BCUT2D eigenvalue weighted by molar-refractivity contribution is -0.119. The van der Waals surface area contributed by atoms with Crippen LogP contribution in [0, 0.1) is 0 Å². The van der Waals surface area contributed by atoms with Crippen LogP contribution in [0.3, 0.4) is 0 Å². The van der Waals surface area contributed by atoms with Crippen molar-refractivity contribution in [3.63, 3.8) is 0 Å². The predicted octanol–water partition coefficient (Wildman–Crippen LogP) is -0.132. The van der Waals surface area contributed by atoms with E-state index in [4.69, 9.17) is 11.5 Å². The summed E-state index contributed by atoms with van der Waals surface area (Å²) in [6.07, 6.45) is 0.463. The number of anilines is 2. The van der Waals surface area contributed by atoms with Gasteiger partial charge in [0, 0.05) is 24.3 Å². The summed E-state index contributed by atoms with van der Waals surface area (Å²) < 4.78 is 0. The number of fused-ring (bicyclic) bond motifs is 1. The van der Waals surface area contributed by atoms with E-state index in [1.54, 1.807) is 11.0 Å². The molecular formula is C12H17N3O2. The number of benzene rings is 1. The van der Waals surface area contributed by atoms with Gasteiger partial charge in [0.05, 0.1) is 12.6 Å². The molecule has 1 aliphatic heterocycles. The minimum Gasteiger partial charge on any atom is -0.399 e. The van der Waals surface area contributed by atoms with Crippen LogP contribution in [-0.4, -0.2) is 30.2 Å². The Labute approximate surface area is 100 Å². The second kappa shape index (κ2) is 4.73. The number of carbonyl (C=O) groups is 1. The van der Waals surface area contributed by atoms with E-state index in [0.717, 1.165) is 11.3 Å². The second-order valence-corrected chi connectivity index (χ2v) is 4.28. The highest BCUT2D eigenvalue weighted by molar-refractivity contribution is 5.96. The topological polar surface area (TPSA) is 92.6 Å². The number of β-amino-alcohol motifs (C(OH)–C–C–N with tert-alkyl or cyclic N) is 1. The summed E-state index contributed by atoms with van der Waals surface area (Å²) in [4.78, 5) is 13.4. The summed E-state index contributed by atoms with van der Waals surface area (Å²) in [5, 5.41) is 9.56. The number of rotatable bonds is 3. The zero-order valence-corrected chi connectivity index (χ0v) is 9.60. The van der Waals surface area contributed by atoms with Crippen LogP contribution in [0.4, 0.5) is 11.4 Å². The number of carbonyl (C=O) groups excluding carboxylic acids is 1. The summed E-state index contributed by atoms with van der Waals surface area (Å²) >= 11 is 0. The number of aliphatic hydroxyl groups is 1. The van der Waals surface area contributed by atoms with Gasteiger partial charge in [-0.2, -0.15) is 0 Å². The minimum absolute atomic E-state index is 0.0229. The van der Waals surface area contributed by atoms with Crippen molar-refractivity contribution in [2.75, 3.05) is 23.7 Å². The van der Waals surface area contributed by atoms with Crippen molar-refractivity contribution in [3.05, 3.63) is 23.8 Å². The number of aryl methyl sites for hydroxylation is 1. The zero-order chi connectivity index (χ0) is 12.4. The quantitative estimate of drug-likeness (QED) is 0.636. The molecule has 5 N–H and O–H groups in total. The lowest BCUT2D eigenvalue weighted by Gasteiger charge is -2.31. The Balaban J connectivity index is 2.30. The van der Waals surface area contributed by atoms with Gasteiger partial charge >= 0.3 is 0 Å². The molecule has 1 aromatic carbocycles. The largest absolute Gasteiger partial charge is 0.399 e. The van der Waals surface area contributed by atoms with Crippen LogP contribution in [0.1, 0.15) is 12.0 Å². The molecule has 0 bridgehead atoms. The van der Waals surface area contributed by atoms with E-state index in [1.165, 1.54) is 0 Å². The summed E-state index contributed by atoms with van der Waals surface area (Å²) in [5.74, 6) is 0.0229. The first-order valence-electron chi connectivity index (χ1n) is 5.68. The van der Waals surface area contributed by atoms with Crippen LogP contribution in [0.25, 0.3) is 0 Å². The predicted molar refractivity (Wildman–Crippen MR) is 66.6 cm³/mol. The fourth-order valence-electron chi connectivity index (χ4n) is 2.07. The maximum atomic E-state index is 11.8. The number of nitrogens with zero attached hydrogens (tertiary/aromatic N) is 1. The van der Waals surface area contributed by atoms with Crippen molar-refractivity contribution in [1.29, 1.82) is 0 Å². The Hall–Kier alpha value is -1.59. The van der Waals surface area contributed by atoms with Gasteiger partial charge in [0.25, 0.3) is 0 Å². The van der Waals surface area contributed by atoms with Crippen LogP contribution in [0.15, 0.2) is 18.2 Å². The molecule has 0 aromatic heterocycles. The number of hydrogen-bond donors (Lipinski definition) is 3. The Bertz CT molecular complexity index is 434. The lowest BCUT2D eigenvalue weighted by atomic mass is 10.00. The van der Waals surface area contributed by atoms with Gasteiger partial charge in [-0.3, -0.25) is 4.79 Å². The van der Waals surface area contributed by atoms with Crippen molar-refractivity contribution < 1.29 is 9.90 Å². The third-order valence-electron chi connectivity index (χ3n) is 2.97. The number of amides is 1. The minimum atomic E-state index is -0.692. The average molecular weight is 235 g/mol. The van der Waals surface area contributed by atoms with Gasteiger partial charge in [0.2, 0.25) is 5.91 Å². The fourth-order valence-corrected chi connectivity index (χ4v) is 2.07. The molecule has 0 radical (unpaired) electrons. The highest BCUT2D eigenvalue weighted by Crippen LogP contribution is 2.29. The lowest BCUT2D eigenvalue weighted by Crippen LogP contribution is -2.42. The van der Waals surface area contributed by atoms with Crippen molar-refractivity contribution in [1.82, 2.24) is 0 Å². The number of nitrogen functional groups attached to an aromatic ring is 1. The average Bonchev–Trinajstić information content (AvgIpc) is 2.32. The molecule has 1 atom stereocenters. The van der Waals surface area contributed by atoms with E-state index in [2.05, 4.69) is 0 Å². The Morgan fingerprint density at radius 1 is 1.41 bits per heavy atom. The Morgan fingerprint density at radius 3 is 2.88 bits per heavy atom. The molecule has 5 heteroatoms. The molecule has 0 saturated carbocycles. The maximum Gasteiger partial charge on any atom is 0.227 e. The first-order chi connectivity index (χ1) is 8.11. The molecule has 0 fully saturated rings. The highest BCUT2D eigenvalue weighted by Gasteiger charge is 2.25. The van der Waals surface area contributed by atoms with Gasteiger partial charge in [-0.05, 0) is 30.2 Å². The molecule has 1 unspecified atom stereocenters. The van der Waals surface area contributed by atoms with E-state index in [9.17, 15) is 9.90 Å². The standard InChI is InChI=1S/C12H17N3O2/c13-6-10(16)7-15-11-3-2-9(14)5-8(11)1-4-12(15)17/h2-3,5,10,16H,1,4,6-7,13-14H2. The molecule has 1 aromatic rings. The number of nitrogens with two attached hydrogens (primary N) is 2. The van der Waals surface area contributed by atoms with Crippen molar-refractivity contribution in [2.24, 2.45) is 5.73 Å². The molecule has 0 aliphatic carbocycles. The molecule has 92 valence electrons. The van der Waals surface area contributed by atoms with Gasteiger partial charge in [-0.25, -0.2) is 0 Å². The van der Waals surface area contributed by atoms with Crippen LogP contribution < -0.4 is 16.4 Å². The smallest absolute Gasteiger partial charge is 0.227 e. The molecular weight excluding hydrogens is 218 g/mol. The molecule has 1 amide bonds. The first-order valence-corrected chi connectivity index (χ1v) is 5.68. The van der Waals surface area contributed by atoms with Crippen molar-refractivity contribution >= 4 is 17.3 Å².